The Morgan fingerprint density at radius 3 is 2.50 bits per heavy atom. The van der Waals surface area contributed by atoms with E-state index < -0.39 is 45.4 Å². The Bertz CT molecular complexity index is 1210. The van der Waals surface area contributed by atoms with Crippen molar-refractivity contribution in [3.63, 3.8) is 0 Å². The molecule has 3 amide bonds. The molecular weight excluding hydrogens is 499 g/mol. The summed E-state index contributed by atoms with van der Waals surface area (Å²) in [6, 6.07) is 4.68. The van der Waals surface area contributed by atoms with Crippen LogP contribution < -0.4 is 45.5 Å². The van der Waals surface area contributed by atoms with E-state index in [1.165, 1.54) is 0 Å². The molecule has 1 saturated heterocycles. The Kier molecular flexibility index (Phi) is 10.5. The number of nitrogens with one attached hydrogen (secondary N) is 4. The number of aryl methyl sites for hydroxylation is 1. The smallest absolute Gasteiger partial charge is 0.746 e. The van der Waals surface area contributed by atoms with Crippen LogP contribution in [0, 0.1) is 18.8 Å². The Balaban J connectivity index is 0.00000456. The van der Waals surface area contributed by atoms with Crippen LogP contribution in [0.1, 0.15) is 49.2 Å². The number of carbonyl (C=O) groups is 3. The maximum atomic E-state index is 13.1. The Morgan fingerprint density at radius 1 is 1.25 bits per heavy atom. The van der Waals surface area contributed by atoms with E-state index in [0.29, 0.717) is 13.0 Å². The number of carbonyl (C=O) groups excluding carboxylic acids is 3. The minimum absolute atomic E-state index is 0. The third-order valence-electron chi connectivity index (χ3n) is 6.12. The molecule has 13 heteroatoms. The minimum atomic E-state index is -5.17. The van der Waals surface area contributed by atoms with Gasteiger partial charge in [0, 0.05) is 23.4 Å². The molecule has 192 valence electrons. The van der Waals surface area contributed by atoms with Gasteiger partial charge in [-0.1, -0.05) is 26.0 Å². The maximum Gasteiger partial charge on any atom is 1.00 e. The molecular formula is C23H31N4NaO7S. The largest absolute Gasteiger partial charge is 1.00 e. The third-order valence-corrected chi connectivity index (χ3v) is 7.04. The topological polar surface area (TPSA) is 181 Å². The summed E-state index contributed by atoms with van der Waals surface area (Å²) in [5, 5.41) is 18.6. The molecule has 2 aromatic rings. The van der Waals surface area contributed by atoms with E-state index >= 15 is 0 Å². The van der Waals surface area contributed by atoms with Crippen LogP contribution in [0.3, 0.4) is 0 Å². The van der Waals surface area contributed by atoms with Crippen LogP contribution in [0.2, 0.25) is 0 Å². The first-order valence-corrected chi connectivity index (χ1v) is 12.9. The predicted octanol–water partition coefficient (Wildman–Crippen LogP) is -2.50. The molecule has 0 saturated carbocycles. The molecule has 0 radical (unpaired) electrons. The summed E-state index contributed by atoms with van der Waals surface area (Å²) in [7, 11) is -5.17. The molecule has 3 rings (SSSR count). The van der Waals surface area contributed by atoms with Crippen molar-refractivity contribution in [3.05, 3.63) is 35.5 Å². The molecule has 0 spiro atoms. The zero-order valence-corrected chi connectivity index (χ0v) is 23.6. The van der Waals surface area contributed by atoms with Gasteiger partial charge in [-0.2, -0.15) is 0 Å². The van der Waals surface area contributed by atoms with E-state index in [2.05, 4.69) is 20.9 Å². The van der Waals surface area contributed by atoms with Gasteiger partial charge in [-0.3, -0.25) is 14.4 Å². The minimum Gasteiger partial charge on any atom is -0.746 e. The van der Waals surface area contributed by atoms with Crippen LogP contribution in [0.15, 0.2) is 24.3 Å². The summed E-state index contributed by atoms with van der Waals surface area (Å²) >= 11 is 0. The number of H-pyrrole nitrogens is 1. The number of rotatable bonds is 10. The van der Waals surface area contributed by atoms with Gasteiger partial charge in [-0.25, -0.2) is 8.42 Å². The zero-order chi connectivity index (χ0) is 25.9. The summed E-state index contributed by atoms with van der Waals surface area (Å²) in [6.07, 6.45) is 0.361. The number of benzene rings is 1. The number of aromatic nitrogens is 1. The first-order chi connectivity index (χ1) is 16.4. The van der Waals surface area contributed by atoms with Crippen molar-refractivity contribution in [1.82, 2.24) is 20.9 Å². The van der Waals surface area contributed by atoms with E-state index in [-0.39, 0.29) is 59.9 Å². The first-order valence-electron chi connectivity index (χ1n) is 11.5. The number of hydrogen-bond donors (Lipinski definition) is 5. The molecule has 1 aromatic carbocycles. The van der Waals surface area contributed by atoms with E-state index in [4.69, 9.17) is 0 Å². The van der Waals surface area contributed by atoms with Gasteiger partial charge < -0.3 is 30.6 Å². The summed E-state index contributed by atoms with van der Waals surface area (Å²) in [4.78, 5) is 41.0. The number of amides is 3. The van der Waals surface area contributed by atoms with E-state index in [1.54, 1.807) is 6.07 Å². The molecule has 1 unspecified atom stereocenters. The average molecular weight is 531 g/mol. The van der Waals surface area contributed by atoms with E-state index in [0.717, 1.165) is 16.5 Å². The molecule has 5 N–H and O–H groups in total. The third kappa shape index (κ3) is 7.53. The van der Waals surface area contributed by atoms with Crippen molar-refractivity contribution >= 4 is 38.7 Å². The van der Waals surface area contributed by atoms with Gasteiger partial charge in [-0.05, 0) is 49.8 Å². The number of hydrogen-bond acceptors (Lipinski definition) is 7. The second kappa shape index (κ2) is 12.5. The van der Waals surface area contributed by atoms with Crippen LogP contribution in [0.5, 0.6) is 0 Å². The van der Waals surface area contributed by atoms with Crippen LogP contribution in [-0.4, -0.2) is 64.8 Å². The molecule has 1 aliphatic rings. The molecule has 0 aliphatic carbocycles. The van der Waals surface area contributed by atoms with Crippen molar-refractivity contribution in [2.45, 2.75) is 57.6 Å². The first kappa shape index (κ1) is 30.3. The van der Waals surface area contributed by atoms with Gasteiger partial charge >= 0.3 is 29.6 Å². The van der Waals surface area contributed by atoms with Gasteiger partial charge in [0.25, 0.3) is 5.91 Å². The fourth-order valence-corrected chi connectivity index (χ4v) is 4.86. The fourth-order valence-electron chi connectivity index (χ4n) is 4.28. The van der Waals surface area contributed by atoms with Gasteiger partial charge in [-0.15, -0.1) is 0 Å². The Hall–Kier alpha value is -1.96. The van der Waals surface area contributed by atoms with Crippen molar-refractivity contribution in [2.24, 2.45) is 11.8 Å². The average Bonchev–Trinajstić information content (AvgIpc) is 3.38. The summed E-state index contributed by atoms with van der Waals surface area (Å²) in [5.41, 5.74) is -0.455. The van der Waals surface area contributed by atoms with Crippen LogP contribution in [0.4, 0.5) is 0 Å². The Morgan fingerprint density at radius 2 is 1.94 bits per heavy atom. The number of fused-ring (bicyclic) bond motifs is 1. The number of aliphatic hydroxyl groups is 1. The van der Waals surface area contributed by atoms with E-state index in [1.807, 2.05) is 39.0 Å². The monoisotopic (exact) mass is 530 g/mol. The molecule has 1 fully saturated rings. The quantitative estimate of drug-likeness (QED) is 0.166. The molecule has 4 atom stereocenters. The second-order valence-corrected chi connectivity index (χ2v) is 10.9. The molecule has 0 bridgehead atoms. The molecule has 36 heavy (non-hydrogen) atoms. The standard InChI is InChI=1S/C23H32N4O7S.Na/c1-12(2)9-17(26-22(30)18-11-15-13(3)5-4-6-16(15)25-18)21(29)27-19(23(31)35(32,33)34)10-14-7-8-24-20(14)28;/h4-6,11-12,14,17,19,23,25,31H,7-10H2,1-3H3,(H,24,28)(H,26,30)(H,27,29)(H,32,33,34);/q;+1/p-1/t14-,17-,19-,23?;/m0./s1. The van der Waals surface area contributed by atoms with Gasteiger partial charge in [0.15, 0.2) is 5.44 Å². The second-order valence-electron chi connectivity index (χ2n) is 9.39. The predicted molar refractivity (Wildman–Crippen MR) is 127 cm³/mol. The molecule has 1 aliphatic heterocycles. The van der Waals surface area contributed by atoms with Crippen LogP contribution >= 0.6 is 0 Å². The van der Waals surface area contributed by atoms with Crippen LogP contribution in [0.25, 0.3) is 10.9 Å². The maximum absolute atomic E-state index is 13.1. The van der Waals surface area contributed by atoms with E-state index in [9.17, 15) is 32.5 Å². The number of aromatic amines is 1. The van der Waals surface area contributed by atoms with Crippen molar-refractivity contribution in [3.8, 4) is 0 Å². The number of aliphatic hydroxyl groups excluding tert-OH is 1. The SMILES string of the molecule is Cc1cccc2[nH]c(C(=O)N[C@@H](CC(C)C)C(=O)N[C@@H](C[C@@H]3CCNC3=O)C(O)S(=O)(=O)[O-])cc12.[Na+]. The fraction of sp³-hybridized carbons (Fsp3) is 0.522. The zero-order valence-electron chi connectivity index (χ0n) is 20.8. The normalized spacial score (nSPS) is 18.3. The Labute approximate surface area is 232 Å². The van der Waals surface area contributed by atoms with Crippen LogP contribution in [-0.2, 0) is 19.7 Å². The van der Waals surface area contributed by atoms with Gasteiger partial charge in [0.1, 0.15) is 21.9 Å². The summed E-state index contributed by atoms with van der Waals surface area (Å²) in [6.45, 7) is 5.97. The van der Waals surface area contributed by atoms with Crippen molar-refractivity contribution in [1.29, 1.82) is 0 Å². The molecule has 11 nitrogen and oxygen atoms in total. The van der Waals surface area contributed by atoms with Crippen molar-refractivity contribution in [2.75, 3.05) is 6.54 Å². The molecule has 2 heterocycles. The summed E-state index contributed by atoms with van der Waals surface area (Å²) in [5.74, 6) is -2.33. The molecule has 1 aromatic heterocycles. The van der Waals surface area contributed by atoms with Gasteiger partial charge in [0.05, 0.1) is 6.04 Å². The van der Waals surface area contributed by atoms with Gasteiger partial charge in [0.2, 0.25) is 11.8 Å². The summed E-state index contributed by atoms with van der Waals surface area (Å²) < 4.78 is 34.5. The van der Waals surface area contributed by atoms with Crippen molar-refractivity contribution < 1.29 is 62.0 Å².